The normalized spacial score (nSPS) is 11.5. The smallest absolute Gasteiger partial charge is 0.234 e. The second-order valence-electron chi connectivity index (χ2n) is 3.61. The van der Waals surface area contributed by atoms with Crippen molar-refractivity contribution in [1.29, 1.82) is 0 Å². The van der Waals surface area contributed by atoms with Crippen molar-refractivity contribution in [1.82, 2.24) is 10.6 Å². The quantitative estimate of drug-likeness (QED) is 0.868. The van der Waals surface area contributed by atoms with E-state index in [1.807, 2.05) is 31.2 Å². The predicted molar refractivity (Wildman–Crippen MR) is 73.8 cm³/mol. The van der Waals surface area contributed by atoms with Crippen molar-refractivity contribution >= 4 is 29.9 Å². The maximum absolute atomic E-state index is 11.5. The molecule has 1 rings (SSSR count). The minimum atomic E-state index is 0. The van der Waals surface area contributed by atoms with Crippen LogP contribution in [0.5, 0.6) is 0 Å². The number of amides is 1. The van der Waals surface area contributed by atoms with Gasteiger partial charge in [0.05, 0.1) is 12.6 Å². The number of benzene rings is 1. The number of rotatable bonds is 5. The highest BCUT2D eigenvalue weighted by molar-refractivity contribution is 6.30. The molecule has 0 aliphatic heterocycles. The fraction of sp³-hybridized carbons (Fsp3) is 0.417. The van der Waals surface area contributed by atoms with Crippen molar-refractivity contribution in [2.45, 2.75) is 19.4 Å². The van der Waals surface area contributed by atoms with E-state index >= 15 is 0 Å². The summed E-state index contributed by atoms with van der Waals surface area (Å²) in [7, 11) is 1.75. The Morgan fingerprint density at radius 2 is 1.94 bits per heavy atom. The van der Waals surface area contributed by atoms with Crippen molar-refractivity contribution in [3.8, 4) is 0 Å². The Morgan fingerprint density at radius 3 is 2.41 bits per heavy atom. The molecule has 1 aromatic rings. The molecule has 1 atom stereocenters. The zero-order valence-electron chi connectivity index (χ0n) is 10.00. The van der Waals surface area contributed by atoms with Gasteiger partial charge in [0.1, 0.15) is 0 Å². The van der Waals surface area contributed by atoms with Gasteiger partial charge in [-0.1, -0.05) is 30.7 Å². The average Bonchev–Trinajstić information content (AvgIpc) is 2.27. The lowest BCUT2D eigenvalue weighted by molar-refractivity contribution is -0.120. The highest BCUT2D eigenvalue weighted by atomic mass is 35.5. The maximum atomic E-state index is 11.5. The van der Waals surface area contributed by atoms with Gasteiger partial charge in [0.2, 0.25) is 5.91 Å². The summed E-state index contributed by atoms with van der Waals surface area (Å²) in [5.74, 6) is 0.00398. The number of hydrogen-bond acceptors (Lipinski definition) is 2. The zero-order chi connectivity index (χ0) is 12.0. The molecule has 0 spiro atoms. The van der Waals surface area contributed by atoms with Crippen LogP contribution in [0, 0.1) is 0 Å². The number of hydrogen-bond donors (Lipinski definition) is 2. The predicted octanol–water partition coefficient (Wildman–Crippen LogP) is 2.55. The van der Waals surface area contributed by atoms with Gasteiger partial charge in [-0.25, -0.2) is 0 Å². The third-order valence-corrected chi connectivity index (χ3v) is 2.61. The van der Waals surface area contributed by atoms with E-state index < -0.39 is 0 Å². The van der Waals surface area contributed by atoms with Gasteiger partial charge in [0.25, 0.3) is 0 Å². The van der Waals surface area contributed by atoms with Gasteiger partial charge >= 0.3 is 0 Å². The van der Waals surface area contributed by atoms with Crippen LogP contribution in [0.4, 0.5) is 0 Å². The van der Waals surface area contributed by atoms with E-state index in [9.17, 15) is 4.79 Å². The zero-order valence-corrected chi connectivity index (χ0v) is 11.6. The third kappa shape index (κ3) is 5.39. The molecule has 0 aliphatic rings. The highest BCUT2D eigenvalue weighted by Gasteiger charge is 2.11. The standard InChI is InChI=1S/C12H17ClN2O.ClH/c1-3-11(15-12(16)8-14-2)9-4-6-10(13)7-5-9;/h4-7,11,14H,3,8H2,1-2H3,(H,15,16);1H. The summed E-state index contributed by atoms with van der Waals surface area (Å²) in [5.41, 5.74) is 1.08. The Morgan fingerprint density at radius 1 is 1.35 bits per heavy atom. The molecule has 3 nitrogen and oxygen atoms in total. The number of likely N-dealkylation sites (N-methyl/N-ethyl adjacent to an activating group) is 1. The van der Waals surface area contributed by atoms with Crippen LogP contribution in [0.3, 0.4) is 0 Å². The number of nitrogens with one attached hydrogen (secondary N) is 2. The number of halogens is 2. The third-order valence-electron chi connectivity index (χ3n) is 2.35. The molecule has 96 valence electrons. The SMILES string of the molecule is CCC(NC(=O)CNC)c1ccc(Cl)cc1.Cl. The summed E-state index contributed by atoms with van der Waals surface area (Å²) in [5, 5.41) is 6.49. The Balaban J connectivity index is 0.00000256. The molecule has 0 bridgehead atoms. The second-order valence-corrected chi connectivity index (χ2v) is 4.05. The Hall–Kier alpha value is -0.770. The molecule has 1 unspecified atom stereocenters. The summed E-state index contributed by atoms with van der Waals surface area (Å²) >= 11 is 5.82. The molecule has 2 N–H and O–H groups in total. The summed E-state index contributed by atoms with van der Waals surface area (Å²) in [4.78, 5) is 11.5. The number of carbonyl (C=O) groups excluding carboxylic acids is 1. The summed E-state index contributed by atoms with van der Waals surface area (Å²) in [6.07, 6.45) is 0.858. The van der Waals surface area contributed by atoms with Crippen LogP contribution >= 0.6 is 24.0 Å². The molecule has 5 heteroatoms. The van der Waals surface area contributed by atoms with E-state index in [-0.39, 0.29) is 24.4 Å². The minimum Gasteiger partial charge on any atom is -0.348 e. The molecular formula is C12H18Cl2N2O. The Kier molecular flexibility index (Phi) is 7.96. The first kappa shape index (κ1) is 16.2. The molecule has 0 aromatic heterocycles. The van der Waals surface area contributed by atoms with Crippen LogP contribution in [0.15, 0.2) is 24.3 Å². The van der Waals surface area contributed by atoms with Crippen molar-refractivity contribution in [3.05, 3.63) is 34.9 Å². The summed E-state index contributed by atoms with van der Waals surface area (Å²) in [6.45, 7) is 2.38. The molecule has 0 aliphatic carbocycles. The van der Waals surface area contributed by atoms with E-state index in [1.165, 1.54) is 0 Å². The fourth-order valence-corrected chi connectivity index (χ4v) is 1.65. The lowest BCUT2D eigenvalue weighted by Gasteiger charge is -2.17. The van der Waals surface area contributed by atoms with Gasteiger partial charge in [0, 0.05) is 5.02 Å². The van der Waals surface area contributed by atoms with E-state index in [2.05, 4.69) is 10.6 Å². The Labute approximate surface area is 113 Å². The van der Waals surface area contributed by atoms with Crippen LogP contribution in [0.1, 0.15) is 24.9 Å². The molecule has 0 radical (unpaired) electrons. The van der Waals surface area contributed by atoms with E-state index in [0.29, 0.717) is 11.6 Å². The van der Waals surface area contributed by atoms with Crippen molar-refractivity contribution in [2.24, 2.45) is 0 Å². The van der Waals surface area contributed by atoms with Gasteiger partial charge in [-0.2, -0.15) is 0 Å². The van der Waals surface area contributed by atoms with E-state index in [1.54, 1.807) is 7.05 Å². The molecule has 0 fully saturated rings. The fourth-order valence-electron chi connectivity index (χ4n) is 1.52. The largest absolute Gasteiger partial charge is 0.348 e. The second kappa shape index (κ2) is 8.34. The lowest BCUT2D eigenvalue weighted by atomic mass is 10.0. The molecule has 1 amide bonds. The van der Waals surface area contributed by atoms with Crippen LogP contribution in [0.25, 0.3) is 0 Å². The summed E-state index contributed by atoms with van der Waals surface area (Å²) < 4.78 is 0. The number of carbonyl (C=O) groups is 1. The molecule has 0 saturated heterocycles. The van der Waals surface area contributed by atoms with Gasteiger partial charge in [0.15, 0.2) is 0 Å². The van der Waals surface area contributed by atoms with Crippen LogP contribution in [-0.2, 0) is 4.79 Å². The molecule has 17 heavy (non-hydrogen) atoms. The maximum Gasteiger partial charge on any atom is 0.234 e. The minimum absolute atomic E-state index is 0. The van der Waals surface area contributed by atoms with Crippen molar-refractivity contribution in [3.63, 3.8) is 0 Å². The first-order chi connectivity index (χ1) is 7.67. The van der Waals surface area contributed by atoms with Crippen LogP contribution in [-0.4, -0.2) is 19.5 Å². The first-order valence-electron chi connectivity index (χ1n) is 5.36. The lowest BCUT2D eigenvalue weighted by Crippen LogP contribution is -2.34. The van der Waals surface area contributed by atoms with Crippen molar-refractivity contribution < 1.29 is 4.79 Å². The topological polar surface area (TPSA) is 41.1 Å². The van der Waals surface area contributed by atoms with Gasteiger partial charge in [-0.3, -0.25) is 4.79 Å². The van der Waals surface area contributed by atoms with Crippen molar-refractivity contribution in [2.75, 3.05) is 13.6 Å². The molecule has 0 heterocycles. The van der Waals surface area contributed by atoms with Crippen LogP contribution in [0.2, 0.25) is 5.02 Å². The Bertz CT molecular complexity index is 341. The average molecular weight is 277 g/mol. The van der Waals surface area contributed by atoms with Crippen LogP contribution < -0.4 is 10.6 Å². The molecule has 1 aromatic carbocycles. The first-order valence-corrected chi connectivity index (χ1v) is 5.74. The van der Waals surface area contributed by atoms with E-state index in [4.69, 9.17) is 11.6 Å². The summed E-state index contributed by atoms with van der Waals surface area (Å²) in [6, 6.07) is 7.61. The highest BCUT2D eigenvalue weighted by Crippen LogP contribution is 2.18. The molecular weight excluding hydrogens is 259 g/mol. The molecule has 0 saturated carbocycles. The van der Waals surface area contributed by atoms with Gasteiger partial charge in [-0.15, -0.1) is 12.4 Å². The monoisotopic (exact) mass is 276 g/mol. The van der Waals surface area contributed by atoms with E-state index in [0.717, 1.165) is 12.0 Å². The van der Waals surface area contributed by atoms with Gasteiger partial charge in [-0.05, 0) is 31.2 Å². The van der Waals surface area contributed by atoms with Gasteiger partial charge < -0.3 is 10.6 Å².